The van der Waals surface area contributed by atoms with Gasteiger partial charge in [0, 0.05) is 24.0 Å². The van der Waals surface area contributed by atoms with Gasteiger partial charge in [0.05, 0.1) is 0 Å². The van der Waals surface area contributed by atoms with Gasteiger partial charge in [-0.1, -0.05) is 35.9 Å². The molecule has 0 spiro atoms. The van der Waals surface area contributed by atoms with E-state index in [4.69, 9.17) is 0 Å². The van der Waals surface area contributed by atoms with Gasteiger partial charge in [0.2, 0.25) is 0 Å². The minimum Gasteiger partial charge on any atom is -0.507 e. The van der Waals surface area contributed by atoms with Gasteiger partial charge in [0.25, 0.3) is 0 Å². The summed E-state index contributed by atoms with van der Waals surface area (Å²) in [7, 11) is 1.95. The van der Waals surface area contributed by atoms with Crippen LogP contribution in [0.2, 0.25) is 0 Å². The molecule has 0 aliphatic heterocycles. The molecular weight excluding hydrogens is 234 g/mol. The number of nitrogens with zero attached hydrogens (tertiary/aromatic N) is 1. The molecule has 0 fully saturated rings. The van der Waals surface area contributed by atoms with Crippen molar-refractivity contribution in [2.24, 2.45) is 0 Å². The largest absolute Gasteiger partial charge is 0.507 e. The first-order chi connectivity index (χ1) is 8.99. The predicted molar refractivity (Wildman–Crippen MR) is 81.5 cm³/mol. The summed E-state index contributed by atoms with van der Waals surface area (Å²) in [4.78, 5) is 1.98. The molecule has 2 nitrogen and oxygen atoms in total. The van der Waals surface area contributed by atoms with E-state index in [1.165, 1.54) is 5.56 Å². The van der Waals surface area contributed by atoms with Crippen molar-refractivity contribution in [3.63, 3.8) is 0 Å². The lowest BCUT2D eigenvalue weighted by atomic mass is 10.1. The van der Waals surface area contributed by atoms with Gasteiger partial charge < -0.3 is 10.0 Å². The fourth-order valence-corrected chi connectivity index (χ4v) is 1.99. The van der Waals surface area contributed by atoms with Gasteiger partial charge in [0.15, 0.2) is 0 Å². The lowest BCUT2D eigenvalue weighted by Crippen LogP contribution is -2.14. The van der Waals surface area contributed by atoms with Crippen molar-refractivity contribution in [3.05, 3.63) is 65.7 Å². The summed E-state index contributed by atoms with van der Waals surface area (Å²) in [5, 5.41) is 9.96. The fraction of sp³-hybridized carbons (Fsp3) is 0.176. The van der Waals surface area contributed by atoms with Crippen LogP contribution in [0.5, 0.6) is 5.75 Å². The second kappa shape index (κ2) is 5.19. The smallest absolute Gasteiger partial charge is 0.124 e. The fourth-order valence-electron chi connectivity index (χ4n) is 1.99. The van der Waals surface area contributed by atoms with E-state index in [1.807, 2.05) is 43.1 Å². The summed E-state index contributed by atoms with van der Waals surface area (Å²) in [5.74, 6) is 0.259. The maximum Gasteiger partial charge on any atom is 0.124 e. The molecule has 98 valence electrons. The van der Waals surface area contributed by atoms with Crippen LogP contribution in [0.4, 0.5) is 5.69 Å². The molecule has 1 N–H and O–H groups in total. The quantitative estimate of drug-likeness (QED) is 0.889. The van der Waals surface area contributed by atoms with Gasteiger partial charge in [-0.05, 0) is 38.1 Å². The van der Waals surface area contributed by atoms with Crippen molar-refractivity contribution in [1.29, 1.82) is 0 Å². The van der Waals surface area contributed by atoms with E-state index < -0.39 is 0 Å². The van der Waals surface area contributed by atoms with Crippen LogP contribution in [0.3, 0.4) is 0 Å². The predicted octanol–water partition coefficient (Wildman–Crippen LogP) is 4.12. The zero-order chi connectivity index (χ0) is 14.0. The first-order valence-corrected chi connectivity index (χ1v) is 6.28. The van der Waals surface area contributed by atoms with Gasteiger partial charge in [-0.15, -0.1) is 0 Å². The molecule has 0 aliphatic carbocycles. The second-order valence-corrected chi connectivity index (χ2v) is 4.86. The average Bonchev–Trinajstić information content (AvgIpc) is 2.41. The Kier molecular flexibility index (Phi) is 3.61. The number of hydrogen-bond donors (Lipinski definition) is 1. The molecule has 0 radical (unpaired) electrons. The van der Waals surface area contributed by atoms with Gasteiger partial charge in [-0.2, -0.15) is 0 Å². The number of anilines is 1. The average molecular weight is 253 g/mol. The maximum atomic E-state index is 9.96. The number of benzene rings is 2. The van der Waals surface area contributed by atoms with Gasteiger partial charge in [0.1, 0.15) is 5.75 Å². The third kappa shape index (κ3) is 2.79. The van der Waals surface area contributed by atoms with E-state index in [9.17, 15) is 5.11 Å². The van der Waals surface area contributed by atoms with E-state index in [1.54, 1.807) is 6.07 Å². The lowest BCUT2D eigenvalue weighted by molar-refractivity contribution is 0.473. The molecule has 0 saturated carbocycles. The van der Waals surface area contributed by atoms with Crippen LogP contribution in [0.25, 0.3) is 5.70 Å². The summed E-state index contributed by atoms with van der Waals surface area (Å²) in [6.07, 6.45) is 0. The highest BCUT2D eigenvalue weighted by atomic mass is 16.3. The van der Waals surface area contributed by atoms with Crippen LogP contribution in [-0.2, 0) is 0 Å². The van der Waals surface area contributed by atoms with Crippen molar-refractivity contribution >= 4 is 11.4 Å². The Bertz CT molecular complexity index is 599. The van der Waals surface area contributed by atoms with Crippen LogP contribution in [-0.4, -0.2) is 12.2 Å². The van der Waals surface area contributed by atoms with Gasteiger partial charge in [-0.3, -0.25) is 0 Å². The van der Waals surface area contributed by atoms with E-state index in [0.29, 0.717) is 0 Å². The van der Waals surface area contributed by atoms with Crippen molar-refractivity contribution in [1.82, 2.24) is 0 Å². The number of phenols is 1. The third-order valence-electron chi connectivity index (χ3n) is 3.29. The molecule has 0 aromatic heterocycles. The SMILES string of the molecule is C=C(c1cc(C)ccc1O)N(C)c1ccc(C)cc1. The van der Waals surface area contributed by atoms with Crippen LogP contribution in [0.1, 0.15) is 16.7 Å². The Morgan fingerprint density at radius 1 is 1.00 bits per heavy atom. The highest BCUT2D eigenvalue weighted by Gasteiger charge is 2.11. The zero-order valence-corrected chi connectivity index (χ0v) is 11.6. The lowest BCUT2D eigenvalue weighted by Gasteiger charge is -2.23. The molecule has 2 heteroatoms. The van der Waals surface area contributed by atoms with Crippen molar-refractivity contribution in [2.45, 2.75) is 13.8 Å². The van der Waals surface area contributed by atoms with E-state index in [2.05, 4.69) is 25.6 Å². The monoisotopic (exact) mass is 253 g/mol. The Labute approximate surface area is 114 Å². The van der Waals surface area contributed by atoms with Crippen LogP contribution in [0.15, 0.2) is 49.0 Å². The minimum absolute atomic E-state index is 0.259. The Morgan fingerprint density at radius 3 is 2.21 bits per heavy atom. The van der Waals surface area contributed by atoms with Crippen LogP contribution in [0, 0.1) is 13.8 Å². The second-order valence-electron chi connectivity index (χ2n) is 4.86. The van der Waals surface area contributed by atoms with Crippen LogP contribution >= 0.6 is 0 Å². The molecule has 2 rings (SSSR count). The number of rotatable bonds is 3. The molecule has 19 heavy (non-hydrogen) atoms. The summed E-state index contributed by atoms with van der Waals surface area (Å²) in [6, 6.07) is 13.8. The molecule has 0 atom stereocenters. The van der Waals surface area contributed by atoms with E-state index in [0.717, 1.165) is 22.5 Å². The molecule has 0 heterocycles. The molecule has 0 aliphatic rings. The first kappa shape index (κ1) is 13.2. The molecular formula is C17H19NO. The van der Waals surface area contributed by atoms with E-state index in [-0.39, 0.29) is 5.75 Å². The minimum atomic E-state index is 0.259. The molecule has 0 amide bonds. The summed E-state index contributed by atoms with van der Waals surface area (Å²) in [5.41, 5.74) is 4.93. The topological polar surface area (TPSA) is 23.5 Å². The normalized spacial score (nSPS) is 10.3. The molecule has 0 unspecified atom stereocenters. The Morgan fingerprint density at radius 2 is 1.58 bits per heavy atom. The summed E-state index contributed by atoms with van der Waals surface area (Å²) < 4.78 is 0. The van der Waals surface area contributed by atoms with Crippen molar-refractivity contribution in [2.75, 3.05) is 11.9 Å². The molecule has 2 aromatic rings. The standard InChI is InChI=1S/C17H19NO/c1-12-5-8-15(9-6-12)18(4)14(3)16-11-13(2)7-10-17(16)19/h5-11,19H,3H2,1-2,4H3. The molecule has 0 saturated heterocycles. The zero-order valence-electron chi connectivity index (χ0n) is 11.6. The summed E-state index contributed by atoms with van der Waals surface area (Å²) >= 11 is 0. The molecule has 0 bridgehead atoms. The highest BCUT2D eigenvalue weighted by Crippen LogP contribution is 2.29. The molecule has 2 aromatic carbocycles. The Balaban J connectivity index is 2.33. The number of phenolic OH excluding ortho intramolecular Hbond substituents is 1. The Hall–Kier alpha value is -2.22. The first-order valence-electron chi connectivity index (χ1n) is 6.28. The number of aryl methyl sites for hydroxylation is 2. The summed E-state index contributed by atoms with van der Waals surface area (Å²) in [6.45, 7) is 8.15. The highest BCUT2D eigenvalue weighted by molar-refractivity contribution is 5.80. The van der Waals surface area contributed by atoms with Crippen molar-refractivity contribution in [3.8, 4) is 5.75 Å². The maximum absolute atomic E-state index is 9.96. The number of aromatic hydroxyl groups is 1. The third-order valence-corrected chi connectivity index (χ3v) is 3.29. The van der Waals surface area contributed by atoms with Gasteiger partial charge in [-0.25, -0.2) is 0 Å². The van der Waals surface area contributed by atoms with Gasteiger partial charge >= 0.3 is 0 Å². The van der Waals surface area contributed by atoms with Crippen molar-refractivity contribution < 1.29 is 5.11 Å². The van der Waals surface area contributed by atoms with E-state index >= 15 is 0 Å². The number of hydrogen-bond acceptors (Lipinski definition) is 2. The van der Waals surface area contributed by atoms with Crippen LogP contribution < -0.4 is 4.90 Å².